The molecule has 1 aromatic rings. The zero-order valence-corrected chi connectivity index (χ0v) is 12.2. The molecule has 1 aromatic heterocycles. The van der Waals surface area contributed by atoms with Crippen molar-refractivity contribution in [1.29, 1.82) is 0 Å². The molecule has 2 heterocycles. The lowest BCUT2D eigenvalue weighted by Gasteiger charge is -2.23. The van der Waals surface area contributed by atoms with Gasteiger partial charge in [0.2, 0.25) is 0 Å². The van der Waals surface area contributed by atoms with E-state index in [1.54, 1.807) is 6.92 Å². The summed E-state index contributed by atoms with van der Waals surface area (Å²) in [6, 6.07) is 0. The van der Waals surface area contributed by atoms with Gasteiger partial charge in [-0.15, -0.1) is 0 Å². The van der Waals surface area contributed by atoms with Gasteiger partial charge < -0.3 is 20.5 Å². The van der Waals surface area contributed by atoms with Gasteiger partial charge in [0.15, 0.2) is 15.7 Å². The van der Waals surface area contributed by atoms with Crippen LogP contribution in [0.1, 0.15) is 6.92 Å². The van der Waals surface area contributed by atoms with Crippen molar-refractivity contribution >= 4 is 32.2 Å². The van der Waals surface area contributed by atoms with Crippen LogP contribution in [0.2, 0.25) is 0 Å². The zero-order chi connectivity index (χ0) is 13.9. The van der Waals surface area contributed by atoms with E-state index < -0.39 is 9.84 Å². The minimum Gasteiger partial charge on any atom is -0.382 e. The Kier molecular flexibility index (Phi) is 4.61. The molecule has 1 unspecified atom stereocenters. The van der Waals surface area contributed by atoms with Gasteiger partial charge in [-0.05, 0) is 11.5 Å². The summed E-state index contributed by atoms with van der Waals surface area (Å²) in [5, 5.41) is 3.50. The molecule has 0 bridgehead atoms. The molecule has 0 spiro atoms. The fraction of sp³-hybridized carbons (Fsp3) is 0.700. The Labute approximate surface area is 116 Å². The van der Waals surface area contributed by atoms with Crippen LogP contribution < -0.4 is 11.1 Å². The largest absolute Gasteiger partial charge is 0.382 e. The Balaban J connectivity index is 2.08. The van der Waals surface area contributed by atoms with Crippen molar-refractivity contribution < 1.29 is 17.9 Å². The minimum atomic E-state index is -3.38. The van der Waals surface area contributed by atoms with Crippen LogP contribution in [-0.4, -0.2) is 51.0 Å². The van der Waals surface area contributed by atoms with E-state index in [9.17, 15) is 8.42 Å². The molecule has 3 N–H and O–H groups in total. The summed E-state index contributed by atoms with van der Waals surface area (Å²) >= 11 is 1.05. The van der Waals surface area contributed by atoms with Crippen molar-refractivity contribution in [3.05, 3.63) is 0 Å². The highest BCUT2D eigenvalue weighted by Crippen LogP contribution is 2.32. The van der Waals surface area contributed by atoms with Crippen LogP contribution in [-0.2, 0) is 19.3 Å². The zero-order valence-electron chi connectivity index (χ0n) is 10.6. The van der Waals surface area contributed by atoms with Crippen molar-refractivity contribution in [1.82, 2.24) is 4.37 Å². The van der Waals surface area contributed by atoms with Gasteiger partial charge in [-0.2, -0.15) is 4.37 Å². The standard InChI is InChI=1S/C10H17N3O4S2/c1-2-19(14,15)8-9(11)13-18-10(8)12-5-7-6-16-3-4-17-7/h7,12H,2-6H2,1H3,(H2,11,13). The van der Waals surface area contributed by atoms with Crippen molar-refractivity contribution in [2.75, 3.05) is 43.2 Å². The summed E-state index contributed by atoms with van der Waals surface area (Å²) < 4.78 is 38.5. The second kappa shape index (κ2) is 6.04. The molecule has 0 aliphatic carbocycles. The molecule has 1 aliphatic rings. The first-order valence-electron chi connectivity index (χ1n) is 5.95. The molecule has 7 nitrogen and oxygen atoms in total. The predicted molar refractivity (Wildman–Crippen MR) is 73.3 cm³/mol. The SMILES string of the molecule is CCS(=O)(=O)c1c(N)nsc1NCC1COCCO1. The molecule has 108 valence electrons. The third-order valence-electron chi connectivity index (χ3n) is 2.74. The lowest BCUT2D eigenvalue weighted by molar-refractivity contribution is -0.0818. The van der Waals surface area contributed by atoms with Gasteiger partial charge in [0.25, 0.3) is 0 Å². The fourth-order valence-electron chi connectivity index (χ4n) is 1.71. The summed E-state index contributed by atoms with van der Waals surface area (Å²) in [5.41, 5.74) is 5.64. The maximum Gasteiger partial charge on any atom is 0.184 e. The number of nitrogens with one attached hydrogen (secondary N) is 1. The van der Waals surface area contributed by atoms with E-state index in [1.807, 2.05) is 0 Å². The normalized spacial score (nSPS) is 20.4. The number of hydrogen-bond acceptors (Lipinski definition) is 8. The summed E-state index contributed by atoms with van der Waals surface area (Å²) in [4.78, 5) is 0.0942. The Morgan fingerprint density at radius 2 is 2.32 bits per heavy atom. The first-order valence-corrected chi connectivity index (χ1v) is 8.38. The second-order valence-electron chi connectivity index (χ2n) is 4.08. The third kappa shape index (κ3) is 3.35. The summed E-state index contributed by atoms with van der Waals surface area (Å²) in [6.45, 7) is 3.69. The molecule has 9 heteroatoms. The summed E-state index contributed by atoms with van der Waals surface area (Å²) in [5.74, 6) is 0.0445. The number of anilines is 2. The molecule has 0 saturated carbocycles. The third-order valence-corrected chi connectivity index (χ3v) is 5.48. The minimum absolute atomic E-state index is 0.00661. The molecular weight excluding hydrogens is 290 g/mol. The highest BCUT2D eigenvalue weighted by molar-refractivity contribution is 7.91. The predicted octanol–water partition coefficient (Wildman–Crippen LogP) is 0.346. The van der Waals surface area contributed by atoms with Gasteiger partial charge in [0.1, 0.15) is 9.90 Å². The van der Waals surface area contributed by atoms with Crippen LogP contribution in [0, 0.1) is 0 Å². The van der Waals surface area contributed by atoms with Gasteiger partial charge in [0.05, 0.1) is 31.7 Å². The molecular formula is C10H17N3O4S2. The number of aromatic nitrogens is 1. The van der Waals surface area contributed by atoms with E-state index in [-0.39, 0.29) is 22.6 Å². The molecule has 0 aromatic carbocycles. The molecule has 0 amide bonds. The monoisotopic (exact) mass is 307 g/mol. The number of ether oxygens (including phenoxy) is 2. The van der Waals surface area contributed by atoms with E-state index in [2.05, 4.69) is 9.69 Å². The number of nitrogen functional groups attached to an aromatic ring is 1. The number of sulfone groups is 1. The van der Waals surface area contributed by atoms with Crippen LogP contribution in [0.25, 0.3) is 0 Å². The molecule has 1 atom stereocenters. The van der Waals surface area contributed by atoms with Crippen LogP contribution in [0.15, 0.2) is 4.90 Å². The molecule has 2 rings (SSSR count). The van der Waals surface area contributed by atoms with Gasteiger partial charge in [0, 0.05) is 6.54 Å². The van der Waals surface area contributed by atoms with Gasteiger partial charge >= 0.3 is 0 Å². The average Bonchev–Trinajstić information content (AvgIpc) is 2.79. The Bertz CT molecular complexity index is 523. The smallest absolute Gasteiger partial charge is 0.184 e. The summed E-state index contributed by atoms with van der Waals surface area (Å²) in [7, 11) is -3.38. The van der Waals surface area contributed by atoms with E-state index >= 15 is 0 Å². The number of nitrogens with two attached hydrogens (primary N) is 1. The lowest BCUT2D eigenvalue weighted by atomic mass is 10.3. The maximum atomic E-state index is 11.9. The Morgan fingerprint density at radius 1 is 1.53 bits per heavy atom. The number of hydrogen-bond donors (Lipinski definition) is 2. The molecule has 1 fully saturated rings. The topological polar surface area (TPSA) is 104 Å². The van der Waals surface area contributed by atoms with Crippen LogP contribution >= 0.6 is 11.5 Å². The molecule has 19 heavy (non-hydrogen) atoms. The van der Waals surface area contributed by atoms with Crippen LogP contribution in [0.4, 0.5) is 10.8 Å². The summed E-state index contributed by atoms with van der Waals surface area (Å²) in [6.07, 6.45) is -0.0887. The maximum absolute atomic E-state index is 11.9. The van der Waals surface area contributed by atoms with Gasteiger partial charge in [-0.25, -0.2) is 8.42 Å². The first-order chi connectivity index (χ1) is 9.04. The Morgan fingerprint density at radius 3 is 2.95 bits per heavy atom. The number of rotatable bonds is 5. The van der Waals surface area contributed by atoms with Crippen molar-refractivity contribution in [3.63, 3.8) is 0 Å². The average molecular weight is 307 g/mol. The number of nitrogens with zero attached hydrogens (tertiary/aromatic N) is 1. The lowest BCUT2D eigenvalue weighted by Crippen LogP contribution is -2.34. The molecule has 0 radical (unpaired) electrons. The van der Waals surface area contributed by atoms with E-state index in [0.29, 0.717) is 31.4 Å². The van der Waals surface area contributed by atoms with Crippen LogP contribution in [0.3, 0.4) is 0 Å². The van der Waals surface area contributed by atoms with Crippen molar-refractivity contribution in [2.45, 2.75) is 17.9 Å². The molecule has 1 saturated heterocycles. The van der Waals surface area contributed by atoms with Crippen LogP contribution in [0.5, 0.6) is 0 Å². The fourth-order valence-corrected chi connectivity index (χ4v) is 3.89. The second-order valence-corrected chi connectivity index (χ2v) is 7.07. The van der Waals surface area contributed by atoms with E-state index in [0.717, 1.165) is 11.5 Å². The highest BCUT2D eigenvalue weighted by atomic mass is 32.2. The Hall–Kier alpha value is -0.900. The molecule has 1 aliphatic heterocycles. The first kappa shape index (κ1) is 14.5. The van der Waals surface area contributed by atoms with Crippen molar-refractivity contribution in [2.24, 2.45) is 0 Å². The van der Waals surface area contributed by atoms with Crippen molar-refractivity contribution in [3.8, 4) is 0 Å². The van der Waals surface area contributed by atoms with Gasteiger partial charge in [-0.1, -0.05) is 6.92 Å². The van der Waals surface area contributed by atoms with E-state index in [4.69, 9.17) is 15.2 Å². The van der Waals surface area contributed by atoms with Gasteiger partial charge in [-0.3, -0.25) is 0 Å². The van der Waals surface area contributed by atoms with E-state index in [1.165, 1.54) is 0 Å². The quantitative estimate of drug-likeness (QED) is 0.808. The highest BCUT2D eigenvalue weighted by Gasteiger charge is 2.24.